The van der Waals surface area contributed by atoms with Crippen LogP contribution in [-0.2, 0) is 4.79 Å². The molecule has 0 saturated heterocycles. The highest BCUT2D eigenvalue weighted by Crippen LogP contribution is 2.24. The van der Waals surface area contributed by atoms with E-state index >= 15 is 0 Å². The molecule has 130 valence electrons. The lowest BCUT2D eigenvalue weighted by molar-refractivity contribution is -0.116. The van der Waals surface area contributed by atoms with Gasteiger partial charge in [0, 0.05) is 24.2 Å². The van der Waals surface area contributed by atoms with Crippen molar-refractivity contribution in [1.82, 2.24) is 19.7 Å². The van der Waals surface area contributed by atoms with E-state index < -0.39 is 0 Å². The smallest absolute Gasteiger partial charge is 0.252 e. The van der Waals surface area contributed by atoms with E-state index in [0.29, 0.717) is 29.4 Å². The number of nitrogens with zero attached hydrogens (tertiary/aromatic N) is 3. The first-order valence-electron chi connectivity index (χ1n) is 7.94. The molecule has 0 radical (unpaired) electrons. The van der Waals surface area contributed by atoms with Crippen molar-refractivity contribution < 1.29 is 9.21 Å². The zero-order chi connectivity index (χ0) is 18.0. The maximum atomic E-state index is 12.2. The highest BCUT2D eigenvalue weighted by Gasteiger charge is 2.17. The predicted molar refractivity (Wildman–Crippen MR) is 92.5 cm³/mol. The molecule has 3 aromatic rings. The van der Waals surface area contributed by atoms with E-state index in [1.165, 1.54) is 17.0 Å². The zero-order valence-electron chi connectivity index (χ0n) is 14.2. The quantitative estimate of drug-likeness (QED) is 0.742. The van der Waals surface area contributed by atoms with Crippen molar-refractivity contribution in [3.05, 3.63) is 46.6 Å². The number of hydrogen-bond donors (Lipinski definition) is 2. The monoisotopic (exact) mass is 341 g/mol. The molecule has 1 amide bonds. The molecule has 3 rings (SSSR count). The molecule has 0 spiro atoms. The summed E-state index contributed by atoms with van der Waals surface area (Å²) in [4.78, 5) is 30.8. The van der Waals surface area contributed by atoms with Crippen molar-refractivity contribution in [2.45, 2.75) is 27.2 Å². The molecule has 0 aromatic carbocycles. The summed E-state index contributed by atoms with van der Waals surface area (Å²) in [5.74, 6) is 1.26. The summed E-state index contributed by atoms with van der Waals surface area (Å²) >= 11 is 0. The summed E-state index contributed by atoms with van der Waals surface area (Å²) in [7, 11) is 0. The lowest BCUT2D eigenvalue weighted by Gasteiger charge is -2.09. The van der Waals surface area contributed by atoms with Gasteiger partial charge in [0.05, 0.1) is 6.26 Å². The van der Waals surface area contributed by atoms with Gasteiger partial charge < -0.3 is 9.73 Å². The molecule has 0 atom stereocenters. The van der Waals surface area contributed by atoms with Crippen LogP contribution in [0.5, 0.6) is 0 Å². The summed E-state index contributed by atoms with van der Waals surface area (Å²) in [6.07, 6.45) is 1.91. The number of carbonyl (C=O) groups excluding carboxylic acids is 1. The number of furan rings is 1. The molecule has 0 fully saturated rings. The second-order valence-corrected chi connectivity index (χ2v) is 6.16. The normalized spacial score (nSPS) is 11.0. The van der Waals surface area contributed by atoms with Gasteiger partial charge in [-0.15, -0.1) is 0 Å². The Balaban J connectivity index is 2.05. The van der Waals surface area contributed by atoms with Gasteiger partial charge in [0.1, 0.15) is 11.5 Å². The molecule has 0 aliphatic carbocycles. The molecule has 0 unspecified atom stereocenters. The van der Waals surface area contributed by atoms with E-state index in [4.69, 9.17) is 4.42 Å². The highest BCUT2D eigenvalue weighted by molar-refractivity contribution is 5.90. The van der Waals surface area contributed by atoms with Crippen LogP contribution in [0.15, 0.2) is 39.7 Å². The Labute approximate surface area is 143 Å². The van der Waals surface area contributed by atoms with Crippen LogP contribution in [0.1, 0.15) is 26.0 Å². The van der Waals surface area contributed by atoms with Crippen LogP contribution < -0.4 is 10.9 Å². The van der Waals surface area contributed by atoms with Crippen LogP contribution in [0.4, 0.5) is 5.82 Å². The maximum absolute atomic E-state index is 12.2. The Bertz CT molecular complexity index is 938. The maximum Gasteiger partial charge on any atom is 0.252 e. The highest BCUT2D eigenvalue weighted by atomic mass is 16.3. The minimum Gasteiger partial charge on any atom is -0.463 e. The van der Waals surface area contributed by atoms with Gasteiger partial charge in [0.25, 0.3) is 5.56 Å². The Kier molecular flexibility index (Phi) is 4.51. The number of hydrogen-bond acceptors (Lipinski definition) is 5. The van der Waals surface area contributed by atoms with Gasteiger partial charge in [-0.3, -0.25) is 14.6 Å². The van der Waals surface area contributed by atoms with Crippen molar-refractivity contribution in [2.24, 2.45) is 5.92 Å². The average molecular weight is 341 g/mol. The summed E-state index contributed by atoms with van der Waals surface area (Å²) in [6.45, 7) is 5.64. The molecule has 8 nitrogen and oxygen atoms in total. The Morgan fingerprint density at radius 3 is 2.84 bits per heavy atom. The first kappa shape index (κ1) is 16.7. The van der Waals surface area contributed by atoms with Crippen molar-refractivity contribution in [1.29, 1.82) is 0 Å². The number of aromatic amines is 1. The van der Waals surface area contributed by atoms with Crippen LogP contribution >= 0.6 is 0 Å². The van der Waals surface area contributed by atoms with E-state index in [1.54, 1.807) is 25.1 Å². The van der Waals surface area contributed by atoms with E-state index in [9.17, 15) is 9.59 Å². The number of aryl methyl sites for hydroxylation is 1. The fourth-order valence-electron chi connectivity index (χ4n) is 2.40. The van der Waals surface area contributed by atoms with Crippen molar-refractivity contribution in [3.8, 4) is 17.4 Å². The summed E-state index contributed by atoms with van der Waals surface area (Å²) in [5.41, 5.74) is 0.777. The summed E-state index contributed by atoms with van der Waals surface area (Å²) in [5, 5.41) is 7.23. The molecule has 3 heterocycles. The minimum atomic E-state index is -0.294. The van der Waals surface area contributed by atoms with Crippen LogP contribution in [0.2, 0.25) is 0 Å². The SMILES string of the molecule is Cc1cc(=O)[nH]c(-n2nc(-c3ccco3)cc2NC(=O)CC(C)C)n1. The standard InChI is InChI=1S/C17H19N5O3/c1-10(2)7-15(23)19-14-9-12(13-5-4-6-25-13)21-22(14)17-18-11(3)8-16(24)20-17/h4-6,8-10H,7H2,1-3H3,(H,19,23)(H,18,20,24). The first-order chi connectivity index (χ1) is 11.9. The second-order valence-electron chi connectivity index (χ2n) is 6.16. The van der Waals surface area contributed by atoms with Gasteiger partial charge in [0.15, 0.2) is 5.76 Å². The number of amides is 1. The Morgan fingerprint density at radius 2 is 2.20 bits per heavy atom. The minimum absolute atomic E-state index is 0.142. The third-order valence-corrected chi connectivity index (χ3v) is 3.40. The fourth-order valence-corrected chi connectivity index (χ4v) is 2.40. The molecule has 3 aromatic heterocycles. The van der Waals surface area contributed by atoms with Crippen molar-refractivity contribution >= 4 is 11.7 Å². The van der Waals surface area contributed by atoms with E-state index in [0.717, 1.165) is 0 Å². The molecule has 0 aliphatic rings. The topological polar surface area (TPSA) is 106 Å². The Morgan fingerprint density at radius 1 is 1.40 bits per heavy atom. The van der Waals surface area contributed by atoms with Gasteiger partial charge in [-0.1, -0.05) is 13.8 Å². The number of anilines is 1. The third-order valence-electron chi connectivity index (χ3n) is 3.40. The van der Waals surface area contributed by atoms with E-state index in [1.807, 2.05) is 13.8 Å². The van der Waals surface area contributed by atoms with E-state index in [-0.39, 0.29) is 23.3 Å². The van der Waals surface area contributed by atoms with Gasteiger partial charge in [-0.05, 0) is 25.0 Å². The summed E-state index contributed by atoms with van der Waals surface area (Å²) < 4.78 is 6.75. The van der Waals surface area contributed by atoms with Crippen molar-refractivity contribution in [2.75, 3.05) is 5.32 Å². The molecule has 2 N–H and O–H groups in total. The molecule has 0 saturated carbocycles. The van der Waals surface area contributed by atoms with Crippen LogP contribution in [0, 0.1) is 12.8 Å². The van der Waals surface area contributed by atoms with Gasteiger partial charge in [-0.25, -0.2) is 4.98 Å². The third kappa shape index (κ3) is 3.85. The number of nitrogens with one attached hydrogen (secondary N) is 2. The predicted octanol–water partition coefficient (Wildman–Crippen LogP) is 2.51. The van der Waals surface area contributed by atoms with Gasteiger partial charge in [0.2, 0.25) is 11.9 Å². The number of rotatable bonds is 5. The number of H-pyrrole nitrogens is 1. The van der Waals surface area contributed by atoms with Crippen LogP contribution in [0.3, 0.4) is 0 Å². The number of carbonyl (C=O) groups is 1. The van der Waals surface area contributed by atoms with Gasteiger partial charge >= 0.3 is 0 Å². The first-order valence-corrected chi connectivity index (χ1v) is 7.94. The lowest BCUT2D eigenvalue weighted by atomic mass is 10.1. The fraction of sp³-hybridized carbons (Fsp3) is 0.294. The molecular weight excluding hydrogens is 322 g/mol. The molecule has 0 aliphatic heterocycles. The zero-order valence-corrected chi connectivity index (χ0v) is 14.2. The molecule has 25 heavy (non-hydrogen) atoms. The molecule has 0 bridgehead atoms. The average Bonchev–Trinajstić information content (AvgIpc) is 3.14. The summed E-state index contributed by atoms with van der Waals surface area (Å²) in [6, 6.07) is 6.58. The van der Waals surface area contributed by atoms with E-state index in [2.05, 4.69) is 20.4 Å². The van der Waals surface area contributed by atoms with Crippen LogP contribution in [0.25, 0.3) is 17.4 Å². The molecule has 8 heteroatoms. The Hall–Kier alpha value is -3.16. The van der Waals surface area contributed by atoms with Crippen LogP contribution in [-0.4, -0.2) is 25.7 Å². The second kappa shape index (κ2) is 6.76. The lowest BCUT2D eigenvalue weighted by Crippen LogP contribution is -2.19. The molecular formula is C17H19N5O3. The van der Waals surface area contributed by atoms with Crippen molar-refractivity contribution in [3.63, 3.8) is 0 Å². The van der Waals surface area contributed by atoms with Gasteiger partial charge in [-0.2, -0.15) is 9.78 Å². The largest absolute Gasteiger partial charge is 0.463 e. The number of aromatic nitrogens is 4.